The topological polar surface area (TPSA) is 135 Å². The van der Waals surface area contributed by atoms with Gasteiger partial charge in [0.05, 0.1) is 6.33 Å². The first-order valence-corrected chi connectivity index (χ1v) is 8.24. The van der Waals surface area contributed by atoms with Gasteiger partial charge in [-0.3, -0.25) is 4.57 Å². The number of nitrogens with zero attached hydrogens (tertiary/aromatic N) is 4. The van der Waals surface area contributed by atoms with E-state index >= 15 is 0 Å². The molecule has 3 N–H and O–H groups in total. The standard InChI is InChI=1S/C13H14IN5O5/c1-13(2)23-5-6(24-13)10(22-7(5)11(20)21)19-3-16-4-8(15)17-12(14)18-9(4)19/h3,5-7,10H,1-2H3,(H,20,21)(H2,15,17,18)/t5?,6?,7-,10+/m0/s1. The first kappa shape index (κ1) is 15.9. The van der Waals surface area contributed by atoms with E-state index in [4.69, 9.17) is 19.9 Å². The third-order valence-corrected chi connectivity index (χ3v) is 4.45. The summed E-state index contributed by atoms with van der Waals surface area (Å²) in [7, 11) is 0. The van der Waals surface area contributed by atoms with Crippen molar-refractivity contribution in [1.82, 2.24) is 19.5 Å². The van der Waals surface area contributed by atoms with Gasteiger partial charge in [0, 0.05) is 22.6 Å². The van der Waals surface area contributed by atoms with Gasteiger partial charge in [-0.05, 0) is 13.8 Å². The van der Waals surface area contributed by atoms with Crippen molar-refractivity contribution in [2.45, 2.75) is 44.2 Å². The SMILES string of the molecule is CC1(C)OC2C(O1)[C@H](n1cnc3c(N)nc(I)nc31)O[C@@H]2C(=O)O. The summed E-state index contributed by atoms with van der Waals surface area (Å²) in [5, 5.41) is 9.42. The molecule has 4 atom stereocenters. The zero-order valence-electron chi connectivity index (χ0n) is 12.7. The summed E-state index contributed by atoms with van der Waals surface area (Å²) in [6.45, 7) is 3.47. The molecular formula is C13H14IN5O5. The van der Waals surface area contributed by atoms with E-state index < -0.39 is 36.3 Å². The number of carboxylic acids is 1. The molecule has 4 heterocycles. The molecule has 2 aliphatic heterocycles. The van der Waals surface area contributed by atoms with Crippen LogP contribution in [0.3, 0.4) is 0 Å². The summed E-state index contributed by atoms with van der Waals surface area (Å²) in [6.07, 6.45) is -1.72. The fourth-order valence-electron chi connectivity index (χ4n) is 3.10. The van der Waals surface area contributed by atoms with Gasteiger partial charge in [0.25, 0.3) is 0 Å². The van der Waals surface area contributed by atoms with Gasteiger partial charge in [0.1, 0.15) is 17.7 Å². The van der Waals surface area contributed by atoms with E-state index in [0.717, 1.165) is 0 Å². The molecule has 128 valence electrons. The highest BCUT2D eigenvalue weighted by Gasteiger charge is 2.58. The van der Waals surface area contributed by atoms with Gasteiger partial charge in [0.2, 0.25) is 0 Å². The fraction of sp³-hybridized carbons (Fsp3) is 0.538. The van der Waals surface area contributed by atoms with Crippen molar-refractivity contribution in [1.29, 1.82) is 0 Å². The van der Waals surface area contributed by atoms with Gasteiger partial charge >= 0.3 is 5.97 Å². The first-order valence-electron chi connectivity index (χ1n) is 7.16. The number of ether oxygens (including phenoxy) is 3. The van der Waals surface area contributed by atoms with Crippen LogP contribution in [0, 0.1) is 3.83 Å². The van der Waals surface area contributed by atoms with Crippen molar-refractivity contribution in [2.75, 3.05) is 5.73 Å². The molecule has 2 unspecified atom stereocenters. The number of imidazole rings is 1. The second kappa shape index (κ2) is 5.21. The number of aliphatic carboxylic acids is 1. The highest BCUT2D eigenvalue weighted by atomic mass is 127. The minimum atomic E-state index is -1.14. The molecule has 10 nitrogen and oxygen atoms in total. The normalized spacial score (nSPS) is 31.5. The van der Waals surface area contributed by atoms with Crippen LogP contribution in [0.1, 0.15) is 20.1 Å². The van der Waals surface area contributed by atoms with Gasteiger partial charge < -0.3 is 25.1 Å². The Kier molecular flexibility index (Phi) is 3.46. The lowest BCUT2D eigenvalue weighted by Crippen LogP contribution is -2.35. The van der Waals surface area contributed by atoms with Gasteiger partial charge in [-0.25, -0.2) is 19.7 Å². The van der Waals surface area contributed by atoms with Crippen molar-refractivity contribution >= 4 is 45.5 Å². The monoisotopic (exact) mass is 447 g/mol. The third-order valence-electron chi connectivity index (χ3n) is 3.97. The number of aromatic nitrogens is 4. The highest BCUT2D eigenvalue weighted by Crippen LogP contribution is 2.43. The summed E-state index contributed by atoms with van der Waals surface area (Å²) < 4.78 is 19.3. The van der Waals surface area contributed by atoms with Crippen LogP contribution in [0.15, 0.2) is 6.33 Å². The minimum Gasteiger partial charge on any atom is -0.479 e. The van der Waals surface area contributed by atoms with E-state index in [1.807, 2.05) is 22.6 Å². The smallest absolute Gasteiger partial charge is 0.335 e. The van der Waals surface area contributed by atoms with Crippen LogP contribution in [-0.2, 0) is 19.0 Å². The quantitative estimate of drug-likeness (QED) is 0.499. The second-order valence-electron chi connectivity index (χ2n) is 6.05. The number of hydrogen-bond donors (Lipinski definition) is 2. The molecule has 0 aromatic carbocycles. The van der Waals surface area contributed by atoms with Gasteiger partial charge in [-0.1, -0.05) is 0 Å². The molecule has 2 saturated heterocycles. The summed E-state index contributed by atoms with van der Waals surface area (Å²) >= 11 is 1.95. The largest absolute Gasteiger partial charge is 0.479 e. The second-order valence-corrected chi connectivity index (χ2v) is 7.02. The average Bonchev–Trinajstić information content (AvgIpc) is 3.09. The Bertz CT molecular complexity index is 840. The molecule has 2 fully saturated rings. The van der Waals surface area contributed by atoms with E-state index in [9.17, 15) is 9.90 Å². The maximum Gasteiger partial charge on any atom is 0.335 e. The van der Waals surface area contributed by atoms with E-state index in [1.54, 1.807) is 18.4 Å². The Labute approximate surface area is 149 Å². The van der Waals surface area contributed by atoms with Crippen LogP contribution < -0.4 is 5.73 Å². The van der Waals surface area contributed by atoms with Crippen molar-refractivity contribution < 1.29 is 24.1 Å². The van der Waals surface area contributed by atoms with Crippen molar-refractivity contribution in [3.63, 3.8) is 0 Å². The van der Waals surface area contributed by atoms with Crippen LogP contribution in [0.2, 0.25) is 0 Å². The number of carbonyl (C=O) groups is 1. The van der Waals surface area contributed by atoms with Crippen molar-refractivity contribution in [3.8, 4) is 0 Å². The molecule has 0 saturated carbocycles. The number of nitrogen functional groups attached to an aromatic ring is 1. The fourth-order valence-corrected chi connectivity index (χ4v) is 3.58. The lowest BCUT2D eigenvalue weighted by molar-refractivity contribution is -0.202. The Morgan fingerprint density at radius 3 is 2.79 bits per heavy atom. The number of halogens is 1. The van der Waals surface area contributed by atoms with Crippen molar-refractivity contribution in [3.05, 3.63) is 10.2 Å². The Hall–Kier alpha value is -1.57. The van der Waals surface area contributed by atoms with Crippen LogP contribution >= 0.6 is 22.6 Å². The summed E-state index contributed by atoms with van der Waals surface area (Å²) in [5.74, 6) is -1.76. The molecular weight excluding hydrogens is 433 g/mol. The van der Waals surface area contributed by atoms with Gasteiger partial charge in [0.15, 0.2) is 33.4 Å². The first-order chi connectivity index (χ1) is 11.3. The Balaban J connectivity index is 1.80. The molecule has 0 bridgehead atoms. The molecule has 0 radical (unpaired) electrons. The molecule has 0 amide bonds. The highest BCUT2D eigenvalue weighted by molar-refractivity contribution is 14.1. The zero-order chi connectivity index (χ0) is 17.2. The lowest BCUT2D eigenvalue weighted by atomic mass is 10.1. The Morgan fingerprint density at radius 2 is 2.08 bits per heavy atom. The van der Waals surface area contributed by atoms with Gasteiger partial charge in [-0.15, -0.1) is 0 Å². The van der Waals surface area contributed by atoms with Crippen LogP contribution in [0.25, 0.3) is 11.2 Å². The number of nitrogens with two attached hydrogens (primary N) is 1. The van der Waals surface area contributed by atoms with E-state index in [1.165, 1.54) is 6.33 Å². The molecule has 24 heavy (non-hydrogen) atoms. The molecule has 11 heteroatoms. The van der Waals surface area contributed by atoms with E-state index in [2.05, 4.69) is 15.0 Å². The minimum absolute atomic E-state index is 0.247. The maximum atomic E-state index is 11.5. The number of fused-ring (bicyclic) bond motifs is 2. The molecule has 2 aromatic heterocycles. The average molecular weight is 447 g/mol. The van der Waals surface area contributed by atoms with E-state index in [-0.39, 0.29) is 5.82 Å². The summed E-state index contributed by atoms with van der Waals surface area (Å²) in [5.41, 5.74) is 6.75. The number of rotatable bonds is 2. The summed E-state index contributed by atoms with van der Waals surface area (Å²) in [6, 6.07) is 0. The molecule has 4 rings (SSSR count). The third kappa shape index (κ3) is 2.34. The molecule has 0 aliphatic carbocycles. The number of anilines is 1. The number of carboxylic acid groups (broad SMARTS) is 1. The lowest BCUT2D eigenvalue weighted by Gasteiger charge is -2.23. The molecule has 2 aliphatic rings. The predicted molar refractivity (Wildman–Crippen MR) is 87.8 cm³/mol. The summed E-state index contributed by atoms with van der Waals surface area (Å²) in [4.78, 5) is 24.1. The Morgan fingerprint density at radius 1 is 1.38 bits per heavy atom. The van der Waals surface area contributed by atoms with Crippen LogP contribution in [0.5, 0.6) is 0 Å². The van der Waals surface area contributed by atoms with E-state index in [0.29, 0.717) is 15.0 Å². The van der Waals surface area contributed by atoms with Gasteiger partial charge in [-0.2, -0.15) is 0 Å². The maximum absolute atomic E-state index is 11.5. The van der Waals surface area contributed by atoms with Crippen LogP contribution in [-0.4, -0.2) is 54.7 Å². The van der Waals surface area contributed by atoms with Crippen molar-refractivity contribution in [2.24, 2.45) is 0 Å². The number of hydrogen-bond acceptors (Lipinski definition) is 8. The zero-order valence-corrected chi connectivity index (χ0v) is 14.9. The van der Waals surface area contributed by atoms with Crippen LogP contribution in [0.4, 0.5) is 5.82 Å². The molecule has 0 spiro atoms. The predicted octanol–water partition coefficient (Wildman–Crippen LogP) is 0.515. The molecule has 2 aromatic rings.